The summed E-state index contributed by atoms with van der Waals surface area (Å²) in [5, 5.41) is 10.7. The predicted octanol–water partition coefficient (Wildman–Crippen LogP) is 6.27. The van der Waals surface area contributed by atoms with Crippen molar-refractivity contribution in [3.8, 4) is 23.0 Å². The number of hydrogen-bond acceptors (Lipinski definition) is 5. The Morgan fingerprint density at radius 1 is 0.846 bits per heavy atom. The van der Waals surface area contributed by atoms with Gasteiger partial charge in [-0.25, -0.2) is 17.6 Å². The van der Waals surface area contributed by atoms with Crippen molar-refractivity contribution in [2.75, 3.05) is 5.32 Å². The van der Waals surface area contributed by atoms with Crippen molar-refractivity contribution < 1.29 is 50.1 Å². The zero-order valence-electron chi connectivity index (χ0n) is 19.2. The number of alkyl halides is 3. The van der Waals surface area contributed by atoms with Gasteiger partial charge in [-0.2, -0.15) is 0 Å². The Morgan fingerprint density at radius 3 is 1.97 bits per heavy atom. The highest BCUT2D eigenvalue weighted by Gasteiger charge is 2.32. The van der Waals surface area contributed by atoms with E-state index in [2.05, 4.69) is 15.0 Å². The first-order valence-electron chi connectivity index (χ1n) is 10.5. The van der Waals surface area contributed by atoms with E-state index in [0.717, 1.165) is 48.5 Å². The maximum absolute atomic E-state index is 13.9. The fraction of sp³-hybridized carbons (Fsp3) is 0.0400. The number of carbonyl (C=O) groups is 1. The molecule has 0 saturated carbocycles. The molecular formula is C25H15F7N2O5. The molecule has 0 atom stereocenters. The summed E-state index contributed by atoms with van der Waals surface area (Å²) < 4.78 is 98.4. The number of anilines is 1. The van der Waals surface area contributed by atoms with Gasteiger partial charge in [-0.15, -0.1) is 13.2 Å². The molecule has 0 spiro atoms. The van der Waals surface area contributed by atoms with Crippen LogP contribution in [0.5, 0.6) is 23.0 Å². The Hall–Kier alpha value is -5.01. The molecule has 0 radical (unpaired) electrons. The Morgan fingerprint density at radius 2 is 1.44 bits per heavy atom. The van der Waals surface area contributed by atoms with Crippen LogP contribution in [0.4, 0.5) is 36.4 Å². The van der Waals surface area contributed by atoms with Crippen molar-refractivity contribution in [2.45, 2.75) is 6.36 Å². The minimum atomic E-state index is -5.04. The quantitative estimate of drug-likeness (QED) is 0.252. The van der Waals surface area contributed by atoms with Gasteiger partial charge in [0.05, 0.1) is 5.56 Å². The number of rotatable bonds is 5. The Balaban J connectivity index is 0.000000395. The molecule has 3 aromatic carbocycles. The second-order valence-electron chi connectivity index (χ2n) is 7.32. The van der Waals surface area contributed by atoms with Crippen LogP contribution in [0.25, 0.3) is 0 Å². The van der Waals surface area contributed by atoms with Crippen LogP contribution in [0.3, 0.4) is 0 Å². The van der Waals surface area contributed by atoms with Crippen molar-refractivity contribution in [3.05, 3.63) is 112 Å². The number of benzene rings is 3. The number of aromatic nitrogens is 1. The molecule has 0 aliphatic heterocycles. The second kappa shape index (κ2) is 12.0. The molecule has 1 heterocycles. The first-order valence-corrected chi connectivity index (χ1v) is 10.5. The number of amides is 1. The number of para-hydroxylation sites is 2. The molecular weight excluding hydrogens is 541 g/mol. The summed E-state index contributed by atoms with van der Waals surface area (Å²) in [7, 11) is 0. The molecule has 0 fully saturated rings. The number of phenolic OH excluding ortho intramolecular Hbond substituents is 1. The first-order chi connectivity index (χ1) is 18.3. The molecule has 3 N–H and O–H groups in total. The van der Waals surface area contributed by atoms with Crippen molar-refractivity contribution in [1.82, 2.24) is 4.98 Å². The molecule has 4 aromatic rings. The van der Waals surface area contributed by atoms with E-state index in [1.54, 1.807) is 0 Å². The van der Waals surface area contributed by atoms with Crippen LogP contribution in [0.1, 0.15) is 10.4 Å². The molecule has 0 aliphatic rings. The van der Waals surface area contributed by atoms with E-state index >= 15 is 0 Å². The van der Waals surface area contributed by atoms with Gasteiger partial charge in [-0.05, 0) is 48.5 Å². The third kappa shape index (κ3) is 7.99. The van der Waals surface area contributed by atoms with Crippen LogP contribution in [0, 0.1) is 23.3 Å². The summed E-state index contributed by atoms with van der Waals surface area (Å²) in [6.07, 6.45) is -3.81. The molecule has 1 aromatic heterocycles. The number of nitrogens with one attached hydrogen (secondary N) is 2. The summed E-state index contributed by atoms with van der Waals surface area (Å²) in [5.74, 6) is -8.05. The number of phenols is 1. The number of aromatic amines is 1. The SMILES string of the molecule is O=C(Nc1cc[nH]c(=O)c1)c1cc(OC(F)(F)F)ccc1Oc1c(F)cccc1F.Oc1c(F)cccc1F. The maximum Gasteiger partial charge on any atom is 0.573 e. The number of H-pyrrole nitrogens is 1. The van der Waals surface area contributed by atoms with Gasteiger partial charge in [-0.3, -0.25) is 9.59 Å². The number of carbonyl (C=O) groups excluding carboxylic acids is 1. The van der Waals surface area contributed by atoms with Crippen molar-refractivity contribution in [2.24, 2.45) is 0 Å². The lowest BCUT2D eigenvalue weighted by molar-refractivity contribution is -0.274. The maximum atomic E-state index is 13.9. The first kappa shape index (κ1) is 28.6. The van der Waals surface area contributed by atoms with Gasteiger partial charge in [0.25, 0.3) is 5.91 Å². The van der Waals surface area contributed by atoms with Gasteiger partial charge in [-0.1, -0.05) is 12.1 Å². The molecule has 0 aliphatic carbocycles. The molecule has 39 heavy (non-hydrogen) atoms. The lowest BCUT2D eigenvalue weighted by atomic mass is 10.1. The fourth-order valence-electron chi connectivity index (χ4n) is 2.87. The molecule has 0 bridgehead atoms. The molecule has 204 valence electrons. The largest absolute Gasteiger partial charge is 0.573 e. The summed E-state index contributed by atoms with van der Waals surface area (Å²) >= 11 is 0. The summed E-state index contributed by atoms with van der Waals surface area (Å²) in [5.41, 5.74) is -1.06. The van der Waals surface area contributed by atoms with Crippen LogP contribution in [0.2, 0.25) is 0 Å². The molecule has 7 nitrogen and oxygen atoms in total. The van der Waals surface area contributed by atoms with Gasteiger partial charge < -0.3 is 24.9 Å². The Kier molecular flexibility index (Phi) is 8.80. The molecule has 4 rings (SSSR count). The van der Waals surface area contributed by atoms with Gasteiger partial charge in [0, 0.05) is 18.0 Å². The third-order valence-corrected chi connectivity index (χ3v) is 4.53. The highest BCUT2D eigenvalue weighted by Crippen LogP contribution is 2.34. The normalized spacial score (nSPS) is 10.7. The standard InChI is InChI=1S/C19H11F5N2O4.C6H4F2O/c20-13-2-1-3-14(21)17(13)29-15-5-4-11(30-19(22,23)24)9-12(15)18(28)26-10-6-7-25-16(27)8-10;7-4-2-1-3-5(8)6(4)9/h1-9H,(H2,25,26,27,28);1-3,9H. The lowest BCUT2D eigenvalue weighted by Gasteiger charge is -2.15. The summed E-state index contributed by atoms with van der Waals surface area (Å²) in [6, 6.07) is 10.7. The number of halogens is 7. The molecule has 1 amide bonds. The van der Waals surface area contributed by atoms with E-state index < -0.39 is 69.7 Å². The summed E-state index contributed by atoms with van der Waals surface area (Å²) in [6.45, 7) is 0. The molecule has 0 unspecified atom stereocenters. The Labute approximate surface area is 214 Å². The highest BCUT2D eigenvalue weighted by molar-refractivity contribution is 6.06. The minimum Gasteiger partial charge on any atom is -0.503 e. The predicted molar refractivity (Wildman–Crippen MR) is 123 cm³/mol. The van der Waals surface area contributed by atoms with Crippen molar-refractivity contribution in [1.29, 1.82) is 0 Å². The second-order valence-corrected chi connectivity index (χ2v) is 7.32. The lowest BCUT2D eigenvalue weighted by Crippen LogP contribution is -2.19. The minimum absolute atomic E-state index is 0.0221. The van der Waals surface area contributed by atoms with Gasteiger partial charge >= 0.3 is 6.36 Å². The van der Waals surface area contributed by atoms with Gasteiger partial charge in [0.2, 0.25) is 5.56 Å². The monoisotopic (exact) mass is 556 g/mol. The average Bonchev–Trinajstić information content (AvgIpc) is 2.85. The van der Waals surface area contributed by atoms with Crippen molar-refractivity contribution >= 4 is 11.6 Å². The zero-order valence-corrected chi connectivity index (χ0v) is 19.2. The van der Waals surface area contributed by atoms with Crippen LogP contribution < -0.4 is 20.3 Å². The van der Waals surface area contributed by atoms with E-state index in [0.29, 0.717) is 6.07 Å². The van der Waals surface area contributed by atoms with E-state index in [-0.39, 0.29) is 5.69 Å². The van der Waals surface area contributed by atoms with E-state index in [1.165, 1.54) is 18.3 Å². The van der Waals surface area contributed by atoms with Crippen molar-refractivity contribution in [3.63, 3.8) is 0 Å². The topological polar surface area (TPSA) is 101 Å². The Bertz CT molecular complexity index is 1500. The summed E-state index contributed by atoms with van der Waals surface area (Å²) in [4.78, 5) is 26.3. The van der Waals surface area contributed by atoms with E-state index in [1.807, 2.05) is 0 Å². The fourth-order valence-corrected chi connectivity index (χ4v) is 2.87. The van der Waals surface area contributed by atoms with Crippen LogP contribution in [-0.2, 0) is 0 Å². The third-order valence-electron chi connectivity index (χ3n) is 4.53. The zero-order chi connectivity index (χ0) is 28.7. The number of pyridine rings is 1. The molecule has 0 saturated heterocycles. The highest BCUT2D eigenvalue weighted by atomic mass is 19.4. The van der Waals surface area contributed by atoms with E-state index in [4.69, 9.17) is 9.84 Å². The van der Waals surface area contributed by atoms with Crippen LogP contribution in [-0.4, -0.2) is 22.4 Å². The average molecular weight is 556 g/mol. The van der Waals surface area contributed by atoms with Crippen LogP contribution in [0.15, 0.2) is 77.7 Å². The number of aromatic hydroxyl groups is 1. The smallest absolute Gasteiger partial charge is 0.503 e. The van der Waals surface area contributed by atoms with E-state index in [9.17, 15) is 40.3 Å². The van der Waals surface area contributed by atoms with Crippen LogP contribution >= 0.6 is 0 Å². The molecule has 14 heteroatoms. The number of ether oxygens (including phenoxy) is 2. The van der Waals surface area contributed by atoms with Gasteiger partial charge in [0.15, 0.2) is 34.8 Å². The number of hydrogen-bond donors (Lipinski definition) is 3. The van der Waals surface area contributed by atoms with Gasteiger partial charge in [0.1, 0.15) is 11.5 Å².